The number of fused-ring (bicyclic) bond motifs is 1. The normalized spacial score (nSPS) is 18.5. The molecular weight excluding hydrogens is 202 g/mol. The highest BCUT2D eigenvalue weighted by Gasteiger charge is 2.20. The van der Waals surface area contributed by atoms with Crippen molar-refractivity contribution in [1.82, 2.24) is 5.32 Å². The van der Waals surface area contributed by atoms with Crippen molar-refractivity contribution in [2.24, 2.45) is 5.92 Å². The van der Waals surface area contributed by atoms with Gasteiger partial charge in [-0.3, -0.25) is 0 Å². The first-order valence-electron chi connectivity index (χ1n) is 6.01. The van der Waals surface area contributed by atoms with Gasteiger partial charge in [0, 0.05) is 6.54 Å². The van der Waals surface area contributed by atoms with Crippen LogP contribution in [0.15, 0.2) is 18.2 Å². The molecule has 0 unspecified atom stereocenters. The molecule has 3 nitrogen and oxygen atoms in total. The zero-order chi connectivity index (χ0) is 10.8. The molecule has 0 saturated heterocycles. The van der Waals surface area contributed by atoms with Crippen LogP contribution in [0.4, 0.5) is 0 Å². The Morgan fingerprint density at radius 2 is 1.94 bits per heavy atom. The predicted octanol–water partition coefficient (Wildman–Crippen LogP) is 1.96. The molecule has 1 N–H and O–H groups in total. The summed E-state index contributed by atoms with van der Waals surface area (Å²) in [5.41, 5.74) is 1.27. The molecule has 3 rings (SSSR count). The van der Waals surface area contributed by atoms with Gasteiger partial charge in [0.15, 0.2) is 11.5 Å². The van der Waals surface area contributed by atoms with Gasteiger partial charge >= 0.3 is 0 Å². The Hall–Kier alpha value is -1.22. The Labute approximate surface area is 95.8 Å². The van der Waals surface area contributed by atoms with Gasteiger partial charge in [-0.2, -0.15) is 0 Å². The lowest BCUT2D eigenvalue weighted by Gasteiger charge is -2.18. The lowest BCUT2D eigenvalue weighted by Crippen LogP contribution is -2.18. The standard InChI is InChI=1S/C13H17NO2/c1-2-10(1)8-14-9-11-3-4-12-13(7-11)16-6-5-15-12/h3-4,7,10,14H,1-2,5-6,8-9H2. The fourth-order valence-corrected chi connectivity index (χ4v) is 1.94. The monoisotopic (exact) mass is 219 g/mol. The first-order valence-corrected chi connectivity index (χ1v) is 6.01. The summed E-state index contributed by atoms with van der Waals surface area (Å²) in [7, 11) is 0. The van der Waals surface area contributed by atoms with Crippen molar-refractivity contribution < 1.29 is 9.47 Å². The minimum Gasteiger partial charge on any atom is -0.486 e. The Morgan fingerprint density at radius 3 is 2.75 bits per heavy atom. The second-order valence-electron chi connectivity index (χ2n) is 4.55. The third-order valence-electron chi connectivity index (χ3n) is 3.07. The molecule has 1 aliphatic carbocycles. The zero-order valence-electron chi connectivity index (χ0n) is 9.37. The molecule has 0 aromatic heterocycles. The van der Waals surface area contributed by atoms with Gasteiger partial charge in [0.2, 0.25) is 0 Å². The fourth-order valence-electron chi connectivity index (χ4n) is 1.94. The van der Waals surface area contributed by atoms with E-state index in [0.29, 0.717) is 13.2 Å². The molecule has 16 heavy (non-hydrogen) atoms. The maximum Gasteiger partial charge on any atom is 0.161 e. The second kappa shape index (κ2) is 4.34. The number of nitrogens with one attached hydrogen (secondary N) is 1. The highest BCUT2D eigenvalue weighted by atomic mass is 16.6. The van der Waals surface area contributed by atoms with Crippen molar-refractivity contribution in [3.05, 3.63) is 23.8 Å². The summed E-state index contributed by atoms with van der Waals surface area (Å²) in [6.07, 6.45) is 2.79. The van der Waals surface area contributed by atoms with E-state index in [1.165, 1.54) is 18.4 Å². The highest BCUT2D eigenvalue weighted by Crippen LogP contribution is 2.31. The smallest absolute Gasteiger partial charge is 0.161 e. The van der Waals surface area contributed by atoms with E-state index >= 15 is 0 Å². The van der Waals surface area contributed by atoms with Crippen LogP contribution in [0.1, 0.15) is 18.4 Å². The topological polar surface area (TPSA) is 30.5 Å². The average Bonchev–Trinajstić information content (AvgIpc) is 3.13. The molecule has 0 amide bonds. The summed E-state index contributed by atoms with van der Waals surface area (Å²) in [4.78, 5) is 0. The molecule has 1 fully saturated rings. The summed E-state index contributed by atoms with van der Waals surface area (Å²) in [6.45, 7) is 3.39. The Bertz CT molecular complexity index is 374. The molecule has 0 bridgehead atoms. The molecule has 1 aromatic carbocycles. The third kappa shape index (κ3) is 2.30. The average molecular weight is 219 g/mol. The Kier molecular flexibility index (Phi) is 2.70. The molecule has 3 heteroatoms. The van der Waals surface area contributed by atoms with E-state index in [9.17, 15) is 0 Å². The summed E-state index contributed by atoms with van der Waals surface area (Å²) >= 11 is 0. The zero-order valence-corrected chi connectivity index (χ0v) is 9.37. The van der Waals surface area contributed by atoms with Crippen LogP contribution in [-0.4, -0.2) is 19.8 Å². The molecule has 1 heterocycles. The second-order valence-corrected chi connectivity index (χ2v) is 4.55. The third-order valence-corrected chi connectivity index (χ3v) is 3.07. The summed E-state index contributed by atoms with van der Waals surface area (Å²) in [5, 5.41) is 3.47. The SMILES string of the molecule is c1cc2c(cc1CNCC1CC1)OCCO2. The molecule has 0 spiro atoms. The van der Waals surface area contributed by atoms with Gasteiger partial charge in [0.25, 0.3) is 0 Å². The minimum absolute atomic E-state index is 0.659. The summed E-state index contributed by atoms with van der Waals surface area (Å²) < 4.78 is 11.0. The number of rotatable bonds is 4. The Morgan fingerprint density at radius 1 is 1.12 bits per heavy atom. The molecule has 1 aliphatic heterocycles. The number of ether oxygens (including phenoxy) is 2. The van der Waals surface area contributed by atoms with Crippen molar-refractivity contribution in [1.29, 1.82) is 0 Å². The lowest BCUT2D eigenvalue weighted by atomic mass is 10.2. The fraction of sp³-hybridized carbons (Fsp3) is 0.538. The van der Waals surface area contributed by atoms with Crippen LogP contribution >= 0.6 is 0 Å². The van der Waals surface area contributed by atoms with E-state index in [4.69, 9.17) is 9.47 Å². The summed E-state index contributed by atoms with van der Waals surface area (Å²) in [6, 6.07) is 6.18. The van der Waals surface area contributed by atoms with E-state index in [1.54, 1.807) is 0 Å². The van der Waals surface area contributed by atoms with E-state index in [1.807, 2.05) is 6.07 Å². The number of benzene rings is 1. The highest BCUT2D eigenvalue weighted by molar-refractivity contribution is 5.43. The van der Waals surface area contributed by atoms with E-state index in [0.717, 1.165) is 30.5 Å². The van der Waals surface area contributed by atoms with Gasteiger partial charge in [0.1, 0.15) is 13.2 Å². The predicted molar refractivity (Wildman–Crippen MR) is 61.9 cm³/mol. The van der Waals surface area contributed by atoms with Crippen molar-refractivity contribution >= 4 is 0 Å². The lowest BCUT2D eigenvalue weighted by molar-refractivity contribution is 0.171. The first-order chi connectivity index (χ1) is 7.92. The van der Waals surface area contributed by atoms with Crippen LogP contribution in [-0.2, 0) is 6.54 Å². The van der Waals surface area contributed by atoms with Gasteiger partial charge < -0.3 is 14.8 Å². The van der Waals surface area contributed by atoms with Crippen molar-refractivity contribution in [3.8, 4) is 11.5 Å². The van der Waals surface area contributed by atoms with Crippen LogP contribution in [0.5, 0.6) is 11.5 Å². The van der Waals surface area contributed by atoms with E-state index in [2.05, 4.69) is 17.4 Å². The maximum atomic E-state index is 5.55. The molecule has 0 atom stereocenters. The van der Waals surface area contributed by atoms with Crippen LogP contribution in [0.2, 0.25) is 0 Å². The van der Waals surface area contributed by atoms with Crippen molar-refractivity contribution in [3.63, 3.8) is 0 Å². The van der Waals surface area contributed by atoms with Crippen molar-refractivity contribution in [2.45, 2.75) is 19.4 Å². The van der Waals surface area contributed by atoms with Gasteiger partial charge in [-0.15, -0.1) is 0 Å². The maximum absolute atomic E-state index is 5.55. The summed E-state index contributed by atoms with van der Waals surface area (Å²) in [5.74, 6) is 2.69. The molecule has 1 saturated carbocycles. The quantitative estimate of drug-likeness (QED) is 0.839. The Balaban J connectivity index is 1.60. The van der Waals surface area contributed by atoms with E-state index < -0.39 is 0 Å². The van der Waals surface area contributed by atoms with Gasteiger partial charge in [-0.05, 0) is 43.0 Å². The number of hydrogen-bond donors (Lipinski definition) is 1. The van der Waals surface area contributed by atoms with Crippen molar-refractivity contribution in [2.75, 3.05) is 19.8 Å². The minimum atomic E-state index is 0.659. The van der Waals surface area contributed by atoms with Crippen LogP contribution in [0.3, 0.4) is 0 Å². The number of hydrogen-bond acceptors (Lipinski definition) is 3. The molecule has 1 aromatic rings. The van der Waals surface area contributed by atoms with Gasteiger partial charge in [-0.1, -0.05) is 6.07 Å². The van der Waals surface area contributed by atoms with Crippen LogP contribution < -0.4 is 14.8 Å². The van der Waals surface area contributed by atoms with Crippen LogP contribution in [0, 0.1) is 5.92 Å². The van der Waals surface area contributed by atoms with E-state index in [-0.39, 0.29) is 0 Å². The molecule has 0 radical (unpaired) electrons. The van der Waals surface area contributed by atoms with Crippen LogP contribution in [0.25, 0.3) is 0 Å². The first kappa shape index (κ1) is 9.97. The van der Waals surface area contributed by atoms with Gasteiger partial charge in [0.05, 0.1) is 0 Å². The molecule has 86 valence electrons. The van der Waals surface area contributed by atoms with Gasteiger partial charge in [-0.25, -0.2) is 0 Å². The largest absolute Gasteiger partial charge is 0.486 e. The molecule has 2 aliphatic rings. The molecular formula is C13H17NO2.